The van der Waals surface area contributed by atoms with E-state index in [2.05, 4.69) is 51.5 Å². The first-order chi connectivity index (χ1) is 13.2. The van der Waals surface area contributed by atoms with Gasteiger partial charge < -0.3 is 19.9 Å². The molecule has 5 heteroatoms. The number of hydrogen-bond donors (Lipinski definition) is 1. The highest BCUT2D eigenvalue weighted by Crippen LogP contribution is 2.31. The molecule has 27 heavy (non-hydrogen) atoms. The molecule has 1 unspecified atom stereocenters. The van der Waals surface area contributed by atoms with E-state index in [1.807, 2.05) is 32.3 Å². The maximum atomic E-state index is 5.51. The topological polar surface area (TPSA) is 40.1 Å². The van der Waals surface area contributed by atoms with E-state index in [1.54, 1.807) is 7.11 Å². The predicted molar refractivity (Wildman–Crippen MR) is 113 cm³/mol. The second-order valence-corrected chi connectivity index (χ2v) is 7.17. The third-order valence-electron chi connectivity index (χ3n) is 4.94. The van der Waals surface area contributed by atoms with Crippen molar-refractivity contribution in [1.82, 2.24) is 10.2 Å². The average Bonchev–Trinajstić information content (AvgIpc) is 3.17. The van der Waals surface area contributed by atoms with E-state index in [4.69, 9.17) is 9.73 Å². The fourth-order valence-corrected chi connectivity index (χ4v) is 3.45. The molecule has 2 aromatic rings. The molecule has 0 amide bonds. The maximum absolute atomic E-state index is 5.51. The summed E-state index contributed by atoms with van der Waals surface area (Å²) in [6.07, 6.45) is 1.17. The Morgan fingerprint density at radius 3 is 2.63 bits per heavy atom. The van der Waals surface area contributed by atoms with E-state index in [0.717, 1.165) is 31.3 Å². The van der Waals surface area contributed by atoms with Gasteiger partial charge in [-0.3, -0.25) is 0 Å². The average molecular weight is 367 g/mol. The van der Waals surface area contributed by atoms with Gasteiger partial charge in [-0.25, -0.2) is 4.99 Å². The number of para-hydroxylation sites is 2. The first-order valence-electron chi connectivity index (χ1n) is 9.55. The number of benzene rings is 2. The number of aliphatic imine (C=N–C) groups is 1. The van der Waals surface area contributed by atoms with E-state index in [-0.39, 0.29) is 0 Å². The maximum Gasteiger partial charge on any atom is 0.193 e. The number of guanidine groups is 1. The highest BCUT2D eigenvalue weighted by Gasteiger charge is 2.24. The molecule has 1 aliphatic rings. The summed E-state index contributed by atoms with van der Waals surface area (Å²) in [4.78, 5) is 9.23. The minimum Gasteiger partial charge on any atom is -0.495 e. The first kappa shape index (κ1) is 19.1. The molecule has 1 atom stereocenters. The van der Waals surface area contributed by atoms with Crippen LogP contribution in [0.1, 0.15) is 12.0 Å². The normalized spacial score (nSPS) is 17.1. The third kappa shape index (κ3) is 5.16. The zero-order chi connectivity index (χ0) is 19.1. The number of nitrogens with zero attached hydrogens (tertiary/aromatic N) is 3. The summed E-state index contributed by atoms with van der Waals surface area (Å²) in [6.45, 7) is 3.72. The van der Waals surface area contributed by atoms with E-state index < -0.39 is 0 Å². The van der Waals surface area contributed by atoms with E-state index in [9.17, 15) is 0 Å². The second kappa shape index (κ2) is 9.31. The molecule has 3 rings (SSSR count). The van der Waals surface area contributed by atoms with Gasteiger partial charge in [0.1, 0.15) is 5.75 Å². The molecule has 0 spiro atoms. The van der Waals surface area contributed by atoms with Crippen molar-refractivity contribution >= 4 is 11.6 Å². The minimum atomic E-state index is 0.594. The van der Waals surface area contributed by atoms with Crippen LogP contribution in [0.25, 0.3) is 0 Å². The molecular weight excluding hydrogens is 336 g/mol. The molecule has 0 bridgehead atoms. The van der Waals surface area contributed by atoms with Crippen molar-refractivity contribution in [1.29, 1.82) is 0 Å². The summed E-state index contributed by atoms with van der Waals surface area (Å²) in [7, 11) is 5.81. The molecule has 5 nitrogen and oxygen atoms in total. The van der Waals surface area contributed by atoms with Crippen molar-refractivity contribution < 1.29 is 4.74 Å². The highest BCUT2D eigenvalue weighted by atomic mass is 16.5. The molecule has 1 aliphatic heterocycles. The quantitative estimate of drug-likeness (QED) is 0.629. The third-order valence-corrected chi connectivity index (χ3v) is 4.94. The summed E-state index contributed by atoms with van der Waals surface area (Å²) >= 11 is 0. The molecule has 2 aromatic carbocycles. The molecule has 0 aliphatic carbocycles. The lowest BCUT2D eigenvalue weighted by atomic mass is 10.1. The van der Waals surface area contributed by atoms with Crippen molar-refractivity contribution in [3.63, 3.8) is 0 Å². The van der Waals surface area contributed by atoms with Gasteiger partial charge in [-0.1, -0.05) is 42.5 Å². The lowest BCUT2D eigenvalue weighted by Crippen LogP contribution is -2.39. The fourth-order valence-electron chi connectivity index (χ4n) is 3.45. The number of rotatable bonds is 6. The largest absolute Gasteiger partial charge is 0.495 e. The van der Waals surface area contributed by atoms with Crippen LogP contribution < -0.4 is 15.0 Å². The van der Waals surface area contributed by atoms with Crippen LogP contribution in [0.3, 0.4) is 0 Å². The fraction of sp³-hybridized carbons (Fsp3) is 0.409. The minimum absolute atomic E-state index is 0.594. The van der Waals surface area contributed by atoms with Gasteiger partial charge in [0, 0.05) is 33.7 Å². The van der Waals surface area contributed by atoms with Crippen LogP contribution in [0.5, 0.6) is 5.75 Å². The van der Waals surface area contributed by atoms with Gasteiger partial charge in [-0.05, 0) is 30.0 Å². The predicted octanol–water partition coefficient (Wildman–Crippen LogP) is 3.23. The van der Waals surface area contributed by atoms with Gasteiger partial charge in [0.2, 0.25) is 0 Å². The zero-order valence-electron chi connectivity index (χ0n) is 16.6. The van der Waals surface area contributed by atoms with Gasteiger partial charge in [0.05, 0.1) is 19.3 Å². The number of ether oxygens (including phenoxy) is 1. The van der Waals surface area contributed by atoms with Crippen LogP contribution in [0.4, 0.5) is 5.69 Å². The number of methoxy groups -OCH3 is 1. The Balaban J connectivity index is 1.55. The molecule has 1 heterocycles. The molecule has 0 saturated carbocycles. The first-order valence-corrected chi connectivity index (χ1v) is 9.55. The smallest absolute Gasteiger partial charge is 0.193 e. The molecule has 1 saturated heterocycles. The van der Waals surface area contributed by atoms with Crippen molar-refractivity contribution in [3.05, 3.63) is 60.2 Å². The number of anilines is 1. The van der Waals surface area contributed by atoms with Crippen LogP contribution in [0.2, 0.25) is 0 Å². The van der Waals surface area contributed by atoms with Gasteiger partial charge >= 0.3 is 0 Å². The van der Waals surface area contributed by atoms with E-state index in [1.165, 1.54) is 17.7 Å². The summed E-state index contributed by atoms with van der Waals surface area (Å²) in [5, 5.41) is 3.55. The summed E-state index contributed by atoms with van der Waals surface area (Å²) in [6, 6.07) is 18.6. The standard InChI is InChI=1S/C22H30N4O/c1-25(2)22(23-15-18-9-5-4-6-10-18)24-16-19-13-14-26(17-19)20-11-7-8-12-21(20)27-3/h4-12,19H,13-17H2,1-3H3,(H,23,24). The Morgan fingerprint density at radius 2 is 1.89 bits per heavy atom. The van der Waals surface area contributed by atoms with Crippen LogP contribution in [-0.2, 0) is 6.54 Å². The number of nitrogens with one attached hydrogen (secondary N) is 1. The summed E-state index contributed by atoms with van der Waals surface area (Å²) in [5.41, 5.74) is 2.41. The summed E-state index contributed by atoms with van der Waals surface area (Å²) in [5.74, 6) is 2.48. The second-order valence-electron chi connectivity index (χ2n) is 7.17. The Bertz CT molecular complexity index is 745. The van der Waals surface area contributed by atoms with Gasteiger partial charge in [-0.2, -0.15) is 0 Å². The van der Waals surface area contributed by atoms with Crippen molar-refractivity contribution in [3.8, 4) is 5.75 Å². The van der Waals surface area contributed by atoms with Gasteiger partial charge in [-0.15, -0.1) is 0 Å². The number of hydrogen-bond acceptors (Lipinski definition) is 3. The molecular formula is C22H30N4O. The Kier molecular flexibility index (Phi) is 6.58. The lowest BCUT2D eigenvalue weighted by molar-refractivity contribution is 0.414. The summed E-state index contributed by atoms with van der Waals surface area (Å²) < 4.78 is 5.51. The van der Waals surface area contributed by atoms with Crippen LogP contribution >= 0.6 is 0 Å². The molecule has 0 radical (unpaired) electrons. The highest BCUT2D eigenvalue weighted by molar-refractivity contribution is 5.79. The van der Waals surface area contributed by atoms with Crippen LogP contribution in [-0.4, -0.2) is 51.7 Å². The lowest BCUT2D eigenvalue weighted by Gasteiger charge is -2.22. The Labute approximate surface area is 162 Å². The molecule has 144 valence electrons. The van der Waals surface area contributed by atoms with E-state index >= 15 is 0 Å². The monoisotopic (exact) mass is 366 g/mol. The SMILES string of the molecule is COc1ccccc1N1CCC(CNC(=NCc2ccccc2)N(C)C)C1. The molecule has 1 N–H and O–H groups in total. The van der Waals surface area contributed by atoms with Gasteiger partial charge in [0.25, 0.3) is 0 Å². The van der Waals surface area contributed by atoms with Gasteiger partial charge in [0.15, 0.2) is 5.96 Å². The van der Waals surface area contributed by atoms with Crippen molar-refractivity contribution in [2.45, 2.75) is 13.0 Å². The van der Waals surface area contributed by atoms with Crippen molar-refractivity contribution in [2.24, 2.45) is 10.9 Å². The Hall–Kier alpha value is -2.69. The Morgan fingerprint density at radius 1 is 1.15 bits per heavy atom. The molecule has 0 aromatic heterocycles. The van der Waals surface area contributed by atoms with E-state index in [0.29, 0.717) is 12.5 Å². The van der Waals surface area contributed by atoms with Crippen molar-refractivity contribution in [2.75, 3.05) is 45.7 Å². The zero-order valence-corrected chi connectivity index (χ0v) is 16.6. The molecule has 1 fully saturated rings. The van der Waals surface area contributed by atoms with Crippen LogP contribution in [0, 0.1) is 5.92 Å². The van der Waals surface area contributed by atoms with Crippen LogP contribution in [0.15, 0.2) is 59.6 Å².